The van der Waals surface area contributed by atoms with Gasteiger partial charge in [-0.05, 0) is 18.4 Å². The first-order valence-electron chi connectivity index (χ1n) is 4.24. The average molecular weight is 152 g/mol. The van der Waals surface area contributed by atoms with Crippen molar-refractivity contribution in [1.82, 2.24) is 9.78 Å². The van der Waals surface area contributed by atoms with E-state index in [1.54, 1.807) is 0 Å². The minimum absolute atomic E-state index is 0.560. The molecule has 0 fully saturated rings. The molecular formula is C9H16N2. The molecule has 0 aromatic carbocycles. The van der Waals surface area contributed by atoms with Crippen LogP contribution in [0.25, 0.3) is 0 Å². The Balaban J connectivity index is 2.71. The average Bonchev–Trinajstić information content (AvgIpc) is 2.40. The van der Waals surface area contributed by atoms with Crippen LogP contribution in [0.4, 0.5) is 0 Å². The van der Waals surface area contributed by atoms with Gasteiger partial charge in [-0.3, -0.25) is 4.68 Å². The van der Waals surface area contributed by atoms with Crippen LogP contribution in [0.3, 0.4) is 0 Å². The van der Waals surface area contributed by atoms with Crippen LogP contribution in [0.2, 0.25) is 0 Å². The van der Waals surface area contributed by atoms with Crippen molar-refractivity contribution in [1.29, 1.82) is 0 Å². The van der Waals surface area contributed by atoms with Crippen LogP contribution < -0.4 is 0 Å². The molecule has 1 heterocycles. The maximum absolute atomic E-state index is 4.23. The van der Waals surface area contributed by atoms with Gasteiger partial charge in [-0.25, -0.2) is 0 Å². The van der Waals surface area contributed by atoms with Crippen LogP contribution in [0, 0.1) is 5.92 Å². The molecule has 62 valence electrons. The van der Waals surface area contributed by atoms with Gasteiger partial charge < -0.3 is 0 Å². The van der Waals surface area contributed by atoms with E-state index >= 15 is 0 Å². The SMILES string of the molecule is CCC(C(C)C)n1cccn1. The summed E-state index contributed by atoms with van der Waals surface area (Å²) in [7, 11) is 0. The Kier molecular flexibility index (Phi) is 2.69. The molecule has 0 aliphatic heterocycles. The molecule has 0 amide bonds. The quantitative estimate of drug-likeness (QED) is 0.650. The summed E-state index contributed by atoms with van der Waals surface area (Å²) in [4.78, 5) is 0. The summed E-state index contributed by atoms with van der Waals surface area (Å²) in [5.41, 5.74) is 0. The molecule has 1 rings (SSSR count). The molecule has 0 spiro atoms. The normalized spacial score (nSPS) is 13.8. The Morgan fingerprint density at radius 1 is 1.45 bits per heavy atom. The van der Waals surface area contributed by atoms with E-state index in [2.05, 4.69) is 25.9 Å². The van der Waals surface area contributed by atoms with Crippen molar-refractivity contribution in [3.8, 4) is 0 Å². The van der Waals surface area contributed by atoms with Crippen LogP contribution in [0.5, 0.6) is 0 Å². The van der Waals surface area contributed by atoms with Gasteiger partial charge in [0.05, 0.1) is 6.04 Å². The lowest BCUT2D eigenvalue weighted by atomic mass is 10.0. The van der Waals surface area contributed by atoms with Gasteiger partial charge in [-0.1, -0.05) is 20.8 Å². The molecule has 0 bridgehead atoms. The number of hydrogen-bond donors (Lipinski definition) is 0. The highest BCUT2D eigenvalue weighted by atomic mass is 15.3. The zero-order valence-corrected chi connectivity index (χ0v) is 7.49. The Labute approximate surface area is 68.2 Å². The predicted octanol–water partition coefficient (Wildman–Crippen LogP) is 2.49. The van der Waals surface area contributed by atoms with Gasteiger partial charge in [-0.2, -0.15) is 5.10 Å². The number of nitrogens with zero attached hydrogens (tertiary/aromatic N) is 2. The van der Waals surface area contributed by atoms with E-state index < -0.39 is 0 Å². The van der Waals surface area contributed by atoms with E-state index in [-0.39, 0.29) is 0 Å². The molecule has 1 aromatic rings. The van der Waals surface area contributed by atoms with Crippen molar-refractivity contribution in [2.45, 2.75) is 33.2 Å². The second-order valence-corrected chi connectivity index (χ2v) is 3.21. The molecule has 1 atom stereocenters. The van der Waals surface area contributed by atoms with Crippen LogP contribution in [-0.4, -0.2) is 9.78 Å². The summed E-state index contributed by atoms with van der Waals surface area (Å²) in [6, 6.07) is 2.54. The van der Waals surface area contributed by atoms with Crippen molar-refractivity contribution >= 4 is 0 Å². The van der Waals surface area contributed by atoms with Gasteiger partial charge in [0, 0.05) is 12.4 Å². The Bertz CT molecular complexity index is 189. The molecule has 0 saturated carbocycles. The predicted molar refractivity (Wildman–Crippen MR) is 46.4 cm³/mol. The highest BCUT2D eigenvalue weighted by Gasteiger charge is 2.11. The lowest BCUT2D eigenvalue weighted by Crippen LogP contribution is -2.14. The van der Waals surface area contributed by atoms with Gasteiger partial charge in [0.15, 0.2) is 0 Å². The maximum Gasteiger partial charge on any atom is 0.0539 e. The topological polar surface area (TPSA) is 17.8 Å². The Morgan fingerprint density at radius 3 is 2.55 bits per heavy atom. The largest absolute Gasteiger partial charge is 0.269 e. The number of rotatable bonds is 3. The van der Waals surface area contributed by atoms with Gasteiger partial charge in [0.25, 0.3) is 0 Å². The number of aromatic nitrogens is 2. The van der Waals surface area contributed by atoms with E-state index in [1.807, 2.05) is 23.1 Å². The third-order valence-electron chi connectivity index (χ3n) is 2.05. The van der Waals surface area contributed by atoms with Crippen molar-refractivity contribution in [3.63, 3.8) is 0 Å². The molecule has 1 unspecified atom stereocenters. The monoisotopic (exact) mass is 152 g/mol. The van der Waals surface area contributed by atoms with Gasteiger partial charge in [-0.15, -0.1) is 0 Å². The maximum atomic E-state index is 4.23. The zero-order valence-electron chi connectivity index (χ0n) is 7.49. The molecular weight excluding hydrogens is 136 g/mol. The summed E-state index contributed by atoms with van der Waals surface area (Å²) in [5, 5.41) is 4.23. The highest BCUT2D eigenvalue weighted by molar-refractivity contribution is 4.82. The van der Waals surface area contributed by atoms with Crippen LogP contribution in [-0.2, 0) is 0 Å². The molecule has 0 saturated heterocycles. The lowest BCUT2D eigenvalue weighted by molar-refractivity contribution is 0.337. The second kappa shape index (κ2) is 3.56. The fourth-order valence-electron chi connectivity index (χ4n) is 1.44. The third-order valence-corrected chi connectivity index (χ3v) is 2.05. The molecule has 0 aliphatic carbocycles. The summed E-state index contributed by atoms with van der Waals surface area (Å²) in [6.07, 6.45) is 5.03. The molecule has 0 N–H and O–H groups in total. The van der Waals surface area contributed by atoms with Crippen LogP contribution in [0.1, 0.15) is 33.2 Å². The highest BCUT2D eigenvalue weighted by Crippen LogP contribution is 2.19. The van der Waals surface area contributed by atoms with Crippen molar-refractivity contribution in [2.24, 2.45) is 5.92 Å². The first kappa shape index (κ1) is 8.31. The minimum Gasteiger partial charge on any atom is -0.269 e. The molecule has 2 nitrogen and oxygen atoms in total. The minimum atomic E-state index is 0.560. The molecule has 1 aromatic heterocycles. The van der Waals surface area contributed by atoms with E-state index in [0.717, 1.165) is 6.42 Å². The summed E-state index contributed by atoms with van der Waals surface area (Å²) < 4.78 is 2.05. The third kappa shape index (κ3) is 1.82. The first-order chi connectivity index (χ1) is 5.25. The fourth-order valence-corrected chi connectivity index (χ4v) is 1.44. The fraction of sp³-hybridized carbons (Fsp3) is 0.667. The lowest BCUT2D eigenvalue weighted by Gasteiger charge is -2.19. The summed E-state index contributed by atoms with van der Waals surface area (Å²) in [6.45, 7) is 6.66. The van der Waals surface area contributed by atoms with Crippen molar-refractivity contribution < 1.29 is 0 Å². The Morgan fingerprint density at radius 2 is 2.18 bits per heavy atom. The van der Waals surface area contributed by atoms with E-state index in [9.17, 15) is 0 Å². The first-order valence-corrected chi connectivity index (χ1v) is 4.24. The Hall–Kier alpha value is -0.790. The molecule has 2 heteroatoms. The number of hydrogen-bond acceptors (Lipinski definition) is 1. The van der Waals surface area contributed by atoms with E-state index in [1.165, 1.54) is 0 Å². The van der Waals surface area contributed by atoms with Crippen LogP contribution >= 0.6 is 0 Å². The molecule has 11 heavy (non-hydrogen) atoms. The van der Waals surface area contributed by atoms with Gasteiger partial charge in [0.1, 0.15) is 0 Å². The molecule has 0 radical (unpaired) electrons. The van der Waals surface area contributed by atoms with E-state index in [0.29, 0.717) is 12.0 Å². The van der Waals surface area contributed by atoms with Crippen molar-refractivity contribution in [2.75, 3.05) is 0 Å². The standard InChI is InChI=1S/C9H16N2/c1-4-9(8(2)3)11-7-5-6-10-11/h5-9H,4H2,1-3H3. The summed E-state index contributed by atoms with van der Waals surface area (Å²) in [5.74, 6) is 0.667. The smallest absolute Gasteiger partial charge is 0.0539 e. The van der Waals surface area contributed by atoms with Crippen LogP contribution in [0.15, 0.2) is 18.5 Å². The molecule has 0 aliphatic rings. The van der Waals surface area contributed by atoms with Crippen molar-refractivity contribution in [3.05, 3.63) is 18.5 Å². The second-order valence-electron chi connectivity index (χ2n) is 3.21. The van der Waals surface area contributed by atoms with Gasteiger partial charge in [0.2, 0.25) is 0 Å². The zero-order chi connectivity index (χ0) is 8.27. The summed E-state index contributed by atoms with van der Waals surface area (Å²) >= 11 is 0. The van der Waals surface area contributed by atoms with E-state index in [4.69, 9.17) is 0 Å². The van der Waals surface area contributed by atoms with Gasteiger partial charge >= 0.3 is 0 Å².